The Bertz CT molecular complexity index is 640. The Balaban J connectivity index is 2.34. The van der Waals surface area contributed by atoms with Crippen molar-refractivity contribution in [3.8, 4) is 0 Å². The van der Waals surface area contributed by atoms with Crippen LogP contribution >= 0.6 is 0 Å². The molecule has 1 saturated heterocycles. The van der Waals surface area contributed by atoms with Gasteiger partial charge in [-0.05, 0) is 31.0 Å². The van der Waals surface area contributed by atoms with E-state index in [-0.39, 0.29) is 10.9 Å². The number of carboxylic acid groups (broad SMARTS) is 1. The summed E-state index contributed by atoms with van der Waals surface area (Å²) < 4.78 is 44.7. The van der Waals surface area contributed by atoms with Crippen molar-refractivity contribution in [3.63, 3.8) is 0 Å². The van der Waals surface area contributed by atoms with Crippen molar-refractivity contribution in [2.45, 2.75) is 23.8 Å². The molecule has 0 radical (unpaired) electrons. The highest BCUT2D eigenvalue weighted by Crippen LogP contribution is 2.23. The first-order chi connectivity index (χ1) is 9.84. The summed E-state index contributed by atoms with van der Waals surface area (Å²) in [7, 11) is -2.42. The van der Waals surface area contributed by atoms with Crippen molar-refractivity contribution in [3.05, 3.63) is 29.6 Å². The predicted molar refractivity (Wildman–Crippen MR) is 72.1 cm³/mol. The second kappa shape index (κ2) is 6.08. The molecule has 1 aliphatic heterocycles. The second-order valence-corrected chi connectivity index (χ2v) is 6.81. The fourth-order valence-electron chi connectivity index (χ4n) is 2.24. The molecule has 0 bridgehead atoms. The fourth-order valence-corrected chi connectivity index (χ4v) is 3.68. The highest BCUT2D eigenvalue weighted by molar-refractivity contribution is 7.89. The first-order valence-electron chi connectivity index (χ1n) is 6.42. The molecule has 6 nitrogen and oxygen atoms in total. The number of carboxylic acids is 1. The molecule has 1 aliphatic rings. The zero-order chi connectivity index (χ0) is 15.6. The Morgan fingerprint density at radius 3 is 2.57 bits per heavy atom. The lowest BCUT2D eigenvalue weighted by atomic mass is 10.1. The van der Waals surface area contributed by atoms with Crippen LogP contribution in [0.15, 0.2) is 23.1 Å². The molecular weight excluding hydrogens is 301 g/mol. The van der Waals surface area contributed by atoms with Crippen molar-refractivity contribution in [1.82, 2.24) is 4.31 Å². The average Bonchev–Trinajstić information content (AvgIpc) is 2.47. The summed E-state index contributed by atoms with van der Waals surface area (Å²) in [6.45, 7) is 0.961. The zero-order valence-electron chi connectivity index (χ0n) is 11.5. The Morgan fingerprint density at radius 1 is 1.38 bits per heavy atom. The smallest absolute Gasteiger partial charge is 0.338 e. The van der Waals surface area contributed by atoms with Gasteiger partial charge in [0.2, 0.25) is 10.0 Å². The molecule has 21 heavy (non-hydrogen) atoms. The second-order valence-electron chi connectivity index (χ2n) is 4.81. The van der Waals surface area contributed by atoms with Crippen molar-refractivity contribution in [2.24, 2.45) is 0 Å². The van der Waals surface area contributed by atoms with Gasteiger partial charge in [-0.25, -0.2) is 17.6 Å². The lowest BCUT2D eigenvalue weighted by Crippen LogP contribution is -2.40. The van der Waals surface area contributed by atoms with Crippen LogP contribution in [0.3, 0.4) is 0 Å². The van der Waals surface area contributed by atoms with Crippen molar-refractivity contribution >= 4 is 16.0 Å². The maximum Gasteiger partial charge on any atom is 0.338 e. The summed E-state index contributed by atoms with van der Waals surface area (Å²) in [6.07, 6.45) is 1.14. The molecule has 0 atom stereocenters. The lowest BCUT2D eigenvalue weighted by molar-refractivity contribution is 0.0632. The van der Waals surface area contributed by atoms with Gasteiger partial charge in [0.15, 0.2) is 0 Å². The molecule has 0 aromatic heterocycles. The molecule has 0 spiro atoms. The number of ether oxygens (including phenoxy) is 1. The Morgan fingerprint density at radius 2 is 2.00 bits per heavy atom. The molecule has 8 heteroatoms. The van der Waals surface area contributed by atoms with E-state index in [1.54, 1.807) is 0 Å². The number of halogens is 1. The van der Waals surface area contributed by atoms with E-state index in [1.165, 1.54) is 11.4 Å². The minimum Gasteiger partial charge on any atom is -0.478 e. The van der Waals surface area contributed by atoms with Gasteiger partial charge in [-0.1, -0.05) is 0 Å². The lowest BCUT2D eigenvalue weighted by Gasteiger charge is -2.30. The first kappa shape index (κ1) is 15.9. The van der Waals surface area contributed by atoms with Crippen molar-refractivity contribution in [1.29, 1.82) is 0 Å². The van der Waals surface area contributed by atoms with Crippen LogP contribution in [0.2, 0.25) is 0 Å². The summed E-state index contributed by atoms with van der Waals surface area (Å²) in [5.41, 5.74) is -0.656. The minimum absolute atomic E-state index is 0.206. The van der Waals surface area contributed by atoms with Crippen LogP contribution in [0.5, 0.6) is 0 Å². The molecule has 116 valence electrons. The van der Waals surface area contributed by atoms with Crippen molar-refractivity contribution in [2.75, 3.05) is 20.3 Å². The number of carbonyl (C=O) groups is 1. The van der Waals surface area contributed by atoms with Gasteiger partial charge in [0, 0.05) is 26.3 Å². The van der Waals surface area contributed by atoms with E-state index in [1.807, 2.05) is 0 Å². The largest absolute Gasteiger partial charge is 0.478 e. The van der Waals surface area contributed by atoms with Gasteiger partial charge in [-0.15, -0.1) is 0 Å². The van der Waals surface area contributed by atoms with Gasteiger partial charge in [0.25, 0.3) is 0 Å². The standard InChI is InChI=1S/C13H16FNO5S/c1-15(9-4-6-20-7-5-9)21(18,19)10-2-3-12(14)11(8-10)13(16)17/h2-3,8-9H,4-7H2,1H3,(H,16,17). The highest BCUT2D eigenvalue weighted by Gasteiger charge is 2.30. The number of sulfonamides is 1. The summed E-state index contributed by atoms with van der Waals surface area (Å²) in [4.78, 5) is 10.7. The maximum absolute atomic E-state index is 13.4. The van der Waals surface area contributed by atoms with Crippen LogP contribution < -0.4 is 0 Å². The average molecular weight is 317 g/mol. The highest BCUT2D eigenvalue weighted by atomic mass is 32.2. The number of hydrogen-bond acceptors (Lipinski definition) is 4. The minimum atomic E-state index is -3.86. The van der Waals surface area contributed by atoms with E-state index >= 15 is 0 Å². The topological polar surface area (TPSA) is 83.9 Å². The molecule has 1 aromatic carbocycles. The summed E-state index contributed by atoms with van der Waals surface area (Å²) in [6, 6.07) is 2.58. The van der Waals surface area contributed by atoms with Crippen molar-refractivity contribution < 1.29 is 27.4 Å². The maximum atomic E-state index is 13.4. The normalized spacial score (nSPS) is 17.1. The number of aromatic carboxylic acids is 1. The number of nitrogens with zero attached hydrogens (tertiary/aromatic N) is 1. The van der Waals surface area contributed by atoms with Gasteiger partial charge in [-0.2, -0.15) is 4.31 Å². The molecule has 0 aliphatic carbocycles. The molecule has 1 heterocycles. The van der Waals surface area contributed by atoms with Gasteiger partial charge in [0.1, 0.15) is 5.82 Å². The van der Waals surface area contributed by atoms with Crippen LogP contribution in [0, 0.1) is 5.82 Å². The number of hydrogen-bond donors (Lipinski definition) is 1. The van der Waals surface area contributed by atoms with Crippen LogP contribution in [-0.2, 0) is 14.8 Å². The van der Waals surface area contributed by atoms with Gasteiger partial charge in [-0.3, -0.25) is 0 Å². The third-order valence-electron chi connectivity index (χ3n) is 3.55. The SMILES string of the molecule is CN(C1CCOCC1)S(=O)(=O)c1ccc(F)c(C(=O)O)c1. The van der Waals surface area contributed by atoms with Crippen LogP contribution in [0.4, 0.5) is 4.39 Å². The first-order valence-corrected chi connectivity index (χ1v) is 7.86. The molecular formula is C13H16FNO5S. The van der Waals surface area contributed by atoms with E-state index < -0.39 is 27.4 Å². The molecule has 1 aromatic rings. The van der Waals surface area contributed by atoms with Crippen LogP contribution in [-0.4, -0.2) is 50.1 Å². The van der Waals surface area contributed by atoms with E-state index in [9.17, 15) is 17.6 Å². The molecule has 1 N–H and O–H groups in total. The van der Waals surface area contributed by atoms with Gasteiger partial charge < -0.3 is 9.84 Å². The summed E-state index contributed by atoms with van der Waals surface area (Å²) in [5.74, 6) is -2.46. The predicted octanol–water partition coefficient (Wildman–Crippen LogP) is 1.32. The summed E-state index contributed by atoms with van der Waals surface area (Å²) in [5, 5.41) is 8.88. The Labute approximate surface area is 122 Å². The molecule has 1 fully saturated rings. The fraction of sp³-hybridized carbons (Fsp3) is 0.462. The number of benzene rings is 1. The molecule has 0 unspecified atom stereocenters. The third-order valence-corrected chi connectivity index (χ3v) is 5.46. The third kappa shape index (κ3) is 3.22. The number of rotatable bonds is 4. The molecule has 0 saturated carbocycles. The zero-order valence-corrected chi connectivity index (χ0v) is 12.3. The Kier molecular flexibility index (Phi) is 4.60. The monoisotopic (exact) mass is 317 g/mol. The van der Waals surface area contributed by atoms with Crippen LogP contribution in [0.25, 0.3) is 0 Å². The Hall–Kier alpha value is -1.51. The van der Waals surface area contributed by atoms with E-state index in [0.29, 0.717) is 26.1 Å². The van der Waals surface area contributed by atoms with Gasteiger partial charge >= 0.3 is 5.97 Å². The quantitative estimate of drug-likeness (QED) is 0.905. The van der Waals surface area contributed by atoms with E-state index in [0.717, 1.165) is 18.2 Å². The summed E-state index contributed by atoms with van der Waals surface area (Å²) >= 11 is 0. The van der Waals surface area contributed by atoms with E-state index in [2.05, 4.69) is 0 Å². The molecule has 0 amide bonds. The van der Waals surface area contributed by atoms with Crippen LogP contribution in [0.1, 0.15) is 23.2 Å². The van der Waals surface area contributed by atoms with Gasteiger partial charge in [0.05, 0.1) is 10.5 Å². The molecule has 2 rings (SSSR count). The van der Waals surface area contributed by atoms with E-state index in [4.69, 9.17) is 9.84 Å².